The van der Waals surface area contributed by atoms with Crippen LogP contribution in [0.1, 0.15) is 30.9 Å². The fourth-order valence-electron chi connectivity index (χ4n) is 4.26. The maximum Gasteiger partial charge on any atom is 0.243 e. The van der Waals surface area contributed by atoms with Crippen LogP contribution in [-0.2, 0) is 32.6 Å². The number of nitrogens with zero attached hydrogens (tertiary/aromatic N) is 2. The van der Waals surface area contributed by atoms with Crippen molar-refractivity contribution in [2.75, 3.05) is 23.7 Å². The third kappa shape index (κ3) is 8.14. The summed E-state index contributed by atoms with van der Waals surface area (Å²) >= 11 is 0. The normalized spacial score (nSPS) is 12.0. The SMILES string of the molecule is CCNC(=O)C(Cc1ccccc1)N(Cc1ccccc1)C(=O)CCCN(c1ccccc1F)S(C)(=O)=O. The van der Waals surface area contributed by atoms with E-state index in [0.717, 1.165) is 21.7 Å². The van der Waals surface area contributed by atoms with Crippen LogP contribution in [0.4, 0.5) is 10.1 Å². The molecule has 3 aromatic carbocycles. The zero-order valence-electron chi connectivity index (χ0n) is 21.7. The first-order chi connectivity index (χ1) is 18.2. The lowest BCUT2D eigenvalue weighted by atomic mass is 10.0. The van der Waals surface area contributed by atoms with E-state index in [1.165, 1.54) is 18.2 Å². The molecular weight excluding hydrogens is 505 g/mol. The van der Waals surface area contributed by atoms with Crippen molar-refractivity contribution in [3.63, 3.8) is 0 Å². The summed E-state index contributed by atoms with van der Waals surface area (Å²) in [6.07, 6.45) is 1.47. The molecule has 38 heavy (non-hydrogen) atoms. The summed E-state index contributed by atoms with van der Waals surface area (Å²) in [6.45, 7) is 2.39. The van der Waals surface area contributed by atoms with Crippen molar-refractivity contribution in [1.29, 1.82) is 0 Å². The lowest BCUT2D eigenvalue weighted by Crippen LogP contribution is -2.50. The third-order valence-corrected chi connectivity index (χ3v) is 7.27. The van der Waals surface area contributed by atoms with E-state index in [0.29, 0.717) is 13.0 Å². The Balaban J connectivity index is 1.84. The van der Waals surface area contributed by atoms with Gasteiger partial charge in [-0.2, -0.15) is 0 Å². The zero-order valence-corrected chi connectivity index (χ0v) is 22.5. The molecular formula is C29H34FN3O4S. The summed E-state index contributed by atoms with van der Waals surface area (Å²) in [5.41, 5.74) is 1.72. The van der Waals surface area contributed by atoms with Crippen LogP contribution < -0.4 is 9.62 Å². The fourth-order valence-corrected chi connectivity index (χ4v) is 5.23. The van der Waals surface area contributed by atoms with E-state index >= 15 is 0 Å². The Hall–Kier alpha value is -3.72. The van der Waals surface area contributed by atoms with Gasteiger partial charge in [0.1, 0.15) is 11.9 Å². The Kier molecular flexibility index (Phi) is 10.4. The smallest absolute Gasteiger partial charge is 0.243 e. The van der Waals surface area contributed by atoms with Crippen LogP contribution in [0.15, 0.2) is 84.9 Å². The van der Waals surface area contributed by atoms with Crippen LogP contribution in [0, 0.1) is 5.82 Å². The number of nitrogens with one attached hydrogen (secondary N) is 1. The van der Waals surface area contributed by atoms with Crippen LogP contribution in [0.3, 0.4) is 0 Å². The molecule has 0 aliphatic rings. The van der Waals surface area contributed by atoms with Crippen LogP contribution in [0.2, 0.25) is 0 Å². The number of hydrogen-bond donors (Lipinski definition) is 1. The van der Waals surface area contributed by atoms with Crippen molar-refractivity contribution in [1.82, 2.24) is 10.2 Å². The second-order valence-corrected chi connectivity index (χ2v) is 10.9. The number of likely N-dealkylation sites (N-methyl/N-ethyl adjacent to an activating group) is 1. The molecule has 2 amide bonds. The Bertz CT molecular complexity index is 1300. The quantitative estimate of drug-likeness (QED) is 0.354. The molecule has 0 fully saturated rings. The Morgan fingerprint density at radius 2 is 1.47 bits per heavy atom. The maximum absolute atomic E-state index is 14.4. The van der Waals surface area contributed by atoms with Crippen molar-refractivity contribution < 1.29 is 22.4 Å². The van der Waals surface area contributed by atoms with Crippen LogP contribution >= 0.6 is 0 Å². The summed E-state index contributed by atoms with van der Waals surface area (Å²) in [5, 5.41) is 2.85. The number of carbonyl (C=O) groups excluding carboxylic acids is 2. The molecule has 3 rings (SSSR count). The standard InChI is InChI=1S/C29H34FN3O4S/c1-3-31-29(35)27(21-23-13-6-4-7-14-23)32(22-24-15-8-5-9-16-24)28(34)19-12-20-33(38(2,36)37)26-18-11-10-17-25(26)30/h4-11,13-18,27H,3,12,19-22H2,1-2H3,(H,31,35). The van der Waals surface area contributed by atoms with Gasteiger partial charge >= 0.3 is 0 Å². The highest BCUT2D eigenvalue weighted by molar-refractivity contribution is 7.92. The number of rotatable bonds is 13. The molecule has 1 atom stereocenters. The molecule has 0 radical (unpaired) electrons. The van der Waals surface area contributed by atoms with Gasteiger partial charge in [0.2, 0.25) is 21.8 Å². The molecule has 202 valence electrons. The van der Waals surface area contributed by atoms with Crippen molar-refractivity contribution in [3.8, 4) is 0 Å². The molecule has 0 heterocycles. The maximum atomic E-state index is 14.4. The van der Waals surface area contributed by atoms with Gasteiger partial charge in [0.15, 0.2) is 0 Å². The largest absolute Gasteiger partial charge is 0.355 e. The van der Waals surface area contributed by atoms with Gasteiger partial charge in [-0.15, -0.1) is 0 Å². The van der Waals surface area contributed by atoms with Gasteiger partial charge in [0.25, 0.3) is 0 Å². The average molecular weight is 540 g/mol. The molecule has 0 aromatic heterocycles. The second kappa shape index (κ2) is 13.7. The average Bonchev–Trinajstić information content (AvgIpc) is 2.90. The molecule has 9 heteroatoms. The van der Waals surface area contributed by atoms with E-state index in [4.69, 9.17) is 0 Å². The number of amides is 2. The topological polar surface area (TPSA) is 86.8 Å². The van der Waals surface area contributed by atoms with E-state index in [1.807, 2.05) is 67.6 Å². The molecule has 7 nitrogen and oxygen atoms in total. The van der Waals surface area contributed by atoms with Gasteiger partial charge < -0.3 is 10.2 Å². The summed E-state index contributed by atoms with van der Waals surface area (Å²) in [6, 6.07) is 23.8. The van der Waals surface area contributed by atoms with E-state index in [2.05, 4.69) is 5.32 Å². The number of sulfonamides is 1. The number of benzene rings is 3. The summed E-state index contributed by atoms with van der Waals surface area (Å²) in [4.78, 5) is 28.4. The summed E-state index contributed by atoms with van der Waals surface area (Å²) < 4.78 is 40.2. The second-order valence-electron chi connectivity index (χ2n) is 9.00. The van der Waals surface area contributed by atoms with E-state index in [9.17, 15) is 22.4 Å². The Morgan fingerprint density at radius 3 is 2.05 bits per heavy atom. The van der Waals surface area contributed by atoms with Gasteiger partial charge in [0.05, 0.1) is 11.9 Å². The lowest BCUT2D eigenvalue weighted by molar-refractivity contribution is -0.141. The van der Waals surface area contributed by atoms with Gasteiger partial charge in [-0.05, 0) is 36.6 Å². The predicted molar refractivity (Wildman–Crippen MR) is 147 cm³/mol. The number of carbonyl (C=O) groups is 2. The molecule has 0 spiro atoms. The van der Waals surface area contributed by atoms with Crippen LogP contribution in [-0.4, -0.2) is 50.5 Å². The zero-order chi connectivity index (χ0) is 27.5. The van der Waals surface area contributed by atoms with Gasteiger partial charge in [0, 0.05) is 32.5 Å². The number of halogens is 1. The minimum atomic E-state index is -3.78. The van der Waals surface area contributed by atoms with E-state index in [1.54, 1.807) is 11.0 Å². The summed E-state index contributed by atoms with van der Waals surface area (Å²) in [7, 11) is -3.78. The number of para-hydroxylation sites is 1. The van der Waals surface area contributed by atoms with E-state index in [-0.39, 0.29) is 43.4 Å². The van der Waals surface area contributed by atoms with Crippen molar-refractivity contribution in [2.45, 2.75) is 38.8 Å². The Morgan fingerprint density at radius 1 is 0.895 bits per heavy atom. The highest BCUT2D eigenvalue weighted by Crippen LogP contribution is 2.22. The monoisotopic (exact) mass is 539 g/mol. The minimum Gasteiger partial charge on any atom is -0.355 e. The van der Waals surface area contributed by atoms with Gasteiger partial charge in [-0.25, -0.2) is 12.8 Å². The fraction of sp³-hybridized carbons (Fsp3) is 0.310. The molecule has 0 bridgehead atoms. The van der Waals surface area contributed by atoms with Gasteiger partial charge in [-0.3, -0.25) is 13.9 Å². The minimum absolute atomic E-state index is 0.0159. The molecule has 0 aliphatic heterocycles. The molecule has 0 aliphatic carbocycles. The van der Waals surface area contributed by atoms with E-state index < -0.39 is 21.9 Å². The van der Waals surface area contributed by atoms with Crippen LogP contribution in [0.5, 0.6) is 0 Å². The first-order valence-electron chi connectivity index (χ1n) is 12.6. The highest BCUT2D eigenvalue weighted by atomic mass is 32.2. The molecule has 0 saturated carbocycles. The van der Waals surface area contributed by atoms with Gasteiger partial charge in [-0.1, -0.05) is 72.8 Å². The first kappa shape index (κ1) is 28.8. The van der Waals surface area contributed by atoms with Crippen molar-refractivity contribution in [3.05, 3.63) is 102 Å². The third-order valence-electron chi connectivity index (χ3n) is 6.09. The first-order valence-corrected chi connectivity index (χ1v) is 14.4. The molecule has 1 unspecified atom stereocenters. The Labute approximate surface area is 224 Å². The lowest BCUT2D eigenvalue weighted by Gasteiger charge is -2.32. The summed E-state index contributed by atoms with van der Waals surface area (Å²) in [5.74, 6) is -1.21. The molecule has 3 aromatic rings. The number of anilines is 1. The molecule has 1 N–H and O–H groups in total. The predicted octanol–water partition coefficient (Wildman–Crippen LogP) is 4.15. The highest BCUT2D eigenvalue weighted by Gasteiger charge is 2.30. The van der Waals surface area contributed by atoms with Crippen molar-refractivity contribution in [2.24, 2.45) is 0 Å². The molecule has 0 saturated heterocycles. The van der Waals surface area contributed by atoms with Crippen LogP contribution in [0.25, 0.3) is 0 Å². The van der Waals surface area contributed by atoms with Crippen molar-refractivity contribution >= 4 is 27.5 Å². The number of hydrogen-bond acceptors (Lipinski definition) is 4.